The Hall–Kier alpha value is -2.70. The summed E-state index contributed by atoms with van der Waals surface area (Å²) in [4.78, 5) is 50.7. The lowest BCUT2D eigenvalue weighted by Gasteiger charge is -2.32. The standard InChI is InChI=1S/C19H23N3O4/c23-16(9-8-14-5-2-1-3-6-14)15-7-4-10-21(12-15)18(25)13-22-17(24)11-20-19(22)26/h1-3,5-6,15H,4,7-13H2,(H,20,26). The van der Waals surface area contributed by atoms with Gasteiger partial charge in [0.2, 0.25) is 5.91 Å². The van der Waals surface area contributed by atoms with Crippen molar-refractivity contribution >= 4 is 23.6 Å². The van der Waals surface area contributed by atoms with E-state index in [1.807, 2.05) is 30.3 Å². The fraction of sp³-hybridized carbons (Fsp3) is 0.474. The van der Waals surface area contributed by atoms with Gasteiger partial charge in [0, 0.05) is 25.4 Å². The van der Waals surface area contributed by atoms with Crippen LogP contribution in [0.25, 0.3) is 0 Å². The second kappa shape index (κ2) is 8.12. The summed E-state index contributed by atoms with van der Waals surface area (Å²) in [6, 6.07) is 9.33. The average molecular weight is 357 g/mol. The number of imide groups is 1. The van der Waals surface area contributed by atoms with E-state index in [1.165, 1.54) is 0 Å². The number of benzene rings is 1. The lowest BCUT2D eigenvalue weighted by molar-refractivity contribution is -0.139. The highest BCUT2D eigenvalue weighted by molar-refractivity contribution is 6.04. The van der Waals surface area contributed by atoms with Gasteiger partial charge in [-0.15, -0.1) is 0 Å². The van der Waals surface area contributed by atoms with Crippen LogP contribution < -0.4 is 5.32 Å². The van der Waals surface area contributed by atoms with E-state index in [-0.39, 0.29) is 30.7 Å². The van der Waals surface area contributed by atoms with Crippen molar-refractivity contribution in [1.82, 2.24) is 15.1 Å². The number of rotatable bonds is 6. The van der Waals surface area contributed by atoms with E-state index in [0.29, 0.717) is 25.9 Å². The zero-order valence-electron chi connectivity index (χ0n) is 14.6. The highest BCUT2D eigenvalue weighted by atomic mass is 16.2. The summed E-state index contributed by atoms with van der Waals surface area (Å²) in [5, 5.41) is 2.40. The molecule has 7 nitrogen and oxygen atoms in total. The minimum Gasteiger partial charge on any atom is -0.340 e. The summed E-state index contributed by atoms with van der Waals surface area (Å²) in [6.45, 7) is 0.614. The molecule has 2 aliphatic heterocycles. The zero-order valence-corrected chi connectivity index (χ0v) is 14.6. The molecule has 1 unspecified atom stereocenters. The summed E-state index contributed by atoms with van der Waals surface area (Å²) in [6.07, 6.45) is 2.70. The summed E-state index contributed by atoms with van der Waals surface area (Å²) >= 11 is 0. The lowest BCUT2D eigenvalue weighted by atomic mass is 9.90. The van der Waals surface area contributed by atoms with Crippen LogP contribution in [0.1, 0.15) is 24.8 Å². The molecule has 3 rings (SSSR count). The van der Waals surface area contributed by atoms with Crippen LogP contribution in [0.3, 0.4) is 0 Å². The van der Waals surface area contributed by atoms with Crippen molar-refractivity contribution in [1.29, 1.82) is 0 Å². The summed E-state index contributed by atoms with van der Waals surface area (Å²) in [5.41, 5.74) is 1.13. The molecule has 4 amide bonds. The third-order valence-corrected chi connectivity index (χ3v) is 4.96. The molecule has 26 heavy (non-hydrogen) atoms. The zero-order chi connectivity index (χ0) is 18.5. The first-order valence-electron chi connectivity index (χ1n) is 8.97. The Morgan fingerprint density at radius 1 is 1.15 bits per heavy atom. The number of nitrogens with zero attached hydrogens (tertiary/aromatic N) is 2. The van der Waals surface area contributed by atoms with Gasteiger partial charge in [0.1, 0.15) is 12.3 Å². The van der Waals surface area contributed by atoms with Crippen LogP contribution in [0.4, 0.5) is 4.79 Å². The van der Waals surface area contributed by atoms with Gasteiger partial charge in [0.05, 0.1) is 6.54 Å². The van der Waals surface area contributed by atoms with Gasteiger partial charge in [-0.05, 0) is 24.8 Å². The Kier molecular flexibility index (Phi) is 5.65. The fourth-order valence-corrected chi connectivity index (χ4v) is 3.43. The number of hydrogen-bond acceptors (Lipinski definition) is 4. The van der Waals surface area contributed by atoms with E-state index in [1.54, 1.807) is 4.90 Å². The maximum Gasteiger partial charge on any atom is 0.325 e. The van der Waals surface area contributed by atoms with Crippen LogP contribution in [-0.2, 0) is 20.8 Å². The van der Waals surface area contributed by atoms with Crippen molar-refractivity contribution in [2.75, 3.05) is 26.2 Å². The molecule has 2 saturated heterocycles. The molecule has 0 saturated carbocycles. The highest BCUT2D eigenvalue weighted by Gasteiger charge is 2.34. The minimum absolute atomic E-state index is 0.0628. The van der Waals surface area contributed by atoms with E-state index in [0.717, 1.165) is 23.3 Å². The Balaban J connectivity index is 1.51. The van der Waals surface area contributed by atoms with Crippen molar-refractivity contribution < 1.29 is 19.2 Å². The molecule has 1 atom stereocenters. The number of nitrogens with one attached hydrogen (secondary N) is 1. The molecule has 1 aromatic rings. The third kappa shape index (κ3) is 4.28. The molecule has 0 aliphatic carbocycles. The SMILES string of the molecule is O=C(CCc1ccccc1)C1CCCN(C(=O)CN2C(=O)CNC2=O)C1. The number of likely N-dealkylation sites (tertiary alicyclic amines) is 1. The number of Topliss-reactive ketones (excluding diaryl/α,β-unsaturated/α-hetero) is 1. The Labute approximate surface area is 152 Å². The molecule has 0 spiro atoms. The first-order chi connectivity index (χ1) is 12.5. The fourth-order valence-electron chi connectivity index (χ4n) is 3.43. The maximum absolute atomic E-state index is 12.5. The Morgan fingerprint density at radius 2 is 1.92 bits per heavy atom. The number of carbonyl (C=O) groups is 4. The predicted molar refractivity (Wildman–Crippen MR) is 94.2 cm³/mol. The van der Waals surface area contributed by atoms with Crippen molar-refractivity contribution in [3.05, 3.63) is 35.9 Å². The second-order valence-electron chi connectivity index (χ2n) is 6.77. The van der Waals surface area contributed by atoms with E-state index < -0.39 is 11.9 Å². The van der Waals surface area contributed by atoms with Crippen molar-refractivity contribution in [3.8, 4) is 0 Å². The quantitative estimate of drug-likeness (QED) is 0.769. The largest absolute Gasteiger partial charge is 0.340 e. The topological polar surface area (TPSA) is 86.8 Å². The van der Waals surface area contributed by atoms with Gasteiger partial charge in [0.25, 0.3) is 5.91 Å². The van der Waals surface area contributed by atoms with E-state index in [4.69, 9.17) is 0 Å². The van der Waals surface area contributed by atoms with Crippen molar-refractivity contribution in [3.63, 3.8) is 0 Å². The normalized spacial score (nSPS) is 20.2. The molecule has 1 N–H and O–H groups in total. The molecule has 0 bridgehead atoms. The van der Waals surface area contributed by atoms with Gasteiger partial charge in [-0.3, -0.25) is 19.3 Å². The molecule has 7 heteroatoms. The maximum atomic E-state index is 12.5. The summed E-state index contributed by atoms with van der Waals surface area (Å²) < 4.78 is 0. The molecule has 2 heterocycles. The van der Waals surface area contributed by atoms with E-state index in [2.05, 4.69) is 5.32 Å². The first kappa shape index (κ1) is 18.1. The lowest BCUT2D eigenvalue weighted by Crippen LogP contribution is -2.47. The third-order valence-electron chi connectivity index (χ3n) is 4.96. The number of piperidine rings is 1. The van der Waals surface area contributed by atoms with Crippen molar-refractivity contribution in [2.24, 2.45) is 5.92 Å². The van der Waals surface area contributed by atoms with Gasteiger partial charge in [0.15, 0.2) is 0 Å². The molecule has 0 aromatic heterocycles. The van der Waals surface area contributed by atoms with Crippen molar-refractivity contribution in [2.45, 2.75) is 25.7 Å². The van der Waals surface area contributed by atoms with Gasteiger partial charge in [-0.2, -0.15) is 0 Å². The van der Waals surface area contributed by atoms with Gasteiger partial charge in [-0.1, -0.05) is 30.3 Å². The first-order valence-corrected chi connectivity index (χ1v) is 8.97. The van der Waals surface area contributed by atoms with E-state index in [9.17, 15) is 19.2 Å². The van der Waals surface area contributed by atoms with Crippen LogP contribution >= 0.6 is 0 Å². The summed E-state index contributed by atoms with van der Waals surface area (Å²) in [7, 11) is 0. The Bertz CT molecular complexity index is 688. The molecule has 2 fully saturated rings. The monoisotopic (exact) mass is 357 g/mol. The molecule has 0 radical (unpaired) electrons. The van der Waals surface area contributed by atoms with Crippen LogP contribution in [0.5, 0.6) is 0 Å². The molecule has 2 aliphatic rings. The highest BCUT2D eigenvalue weighted by Crippen LogP contribution is 2.20. The second-order valence-corrected chi connectivity index (χ2v) is 6.77. The number of hydrogen-bond donors (Lipinski definition) is 1. The smallest absolute Gasteiger partial charge is 0.325 e. The molecule has 138 valence electrons. The molecule has 1 aromatic carbocycles. The van der Waals surface area contributed by atoms with Crippen LogP contribution in [0, 0.1) is 5.92 Å². The molecular formula is C19H23N3O4. The van der Waals surface area contributed by atoms with Gasteiger partial charge < -0.3 is 10.2 Å². The van der Waals surface area contributed by atoms with Gasteiger partial charge in [-0.25, -0.2) is 4.79 Å². The number of ketones is 1. The minimum atomic E-state index is -0.532. The number of aryl methyl sites for hydroxylation is 1. The van der Waals surface area contributed by atoms with Crippen LogP contribution in [-0.4, -0.2) is 59.6 Å². The van der Waals surface area contributed by atoms with Crippen LogP contribution in [0.15, 0.2) is 30.3 Å². The predicted octanol–water partition coefficient (Wildman–Crippen LogP) is 0.979. The van der Waals surface area contributed by atoms with Gasteiger partial charge >= 0.3 is 6.03 Å². The summed E-state index contributed by atoms with van der Waals surface area (Å²) in [5.74, 6) is -0.673. The van der Waals surface area contributed by atoms with Crippen LogP contribution in [0.2, 0.25) is 0 Å². The number of carbonyl (C=O) groups excluding carboxylic acids is 4. The average Bonchev–Trinajstić information content (AvgIpc) is 2.99. The number of amides is 4. The van der Waals surface area contributed by atoms with E-state index >= 15 is 0 Å². The Morgan fingerprint density at radius 3 is 2.62 bits per heavy atom. The number of urea groups is 1. The molecular weight excluding hydrogens is 334 g/mol.